The van der Waals surface area contributed by atoms with E-state index in [4.69, 9.17) is 4.98 Å². The van der Waals surface area contributed by atoms with E-state index in [1.54, 1.807) is 0 Å². The van der Waals surface area contributed by atoms with Crippen LogP contribution in [0, 0.1) is 5.92 Å². The van der Waals surface area contributed by atoms with Crippen LogP contribution in [0.1, 0.15) is 42.2 Å². The van der Waals surface area contributed by atoms with Gasteiger partial charge in [0, 0.05) is 5.92 Å². The first-order valence-electron chi connectivity index (χ1n) is 7.49. The third-order valence-electron chi connectivity index (χ3n) is 4.41. The number of nitrogens with one attached hydrogen (secondary N) is 1. The van der Waals surface area contributed by atoms with Gasteiger partial charge in [-0.1, -0.05) is 12.1 Å². The number of hydrogen-bond acceptors (Lipinski definition) is 3. The van der Waals surface area contributed by atoms with Crippen molar-refractivity contribution in [3.8, 4) is 0 Å². The van der Waals surface area contributed by atoms with Crippen LogP contribution in [0.25, 0.3) is 10.2 Å². The highest BCUT2D eigenvalue weighted by molar-refractivity contribution is 7.18. The predicted octanol–water partition coefficient (Wildman–Crippen LogP) is 3.72. The van der Waals surface area contributed by atoms with E-state index in [-0.39, 0.29) is 0 Å². The monoisotopic (exact) mass is 272 g/mol. The Bertz CT molecular complexity index is 579. The van der Waals surface area contributed by atoms with Gasteiger partial charge in [-0.2, -0.15) is 0 Å². The lowest BCUT2D eigenvalue weighted by atomic mass is 9.90. The summed E-state index contributed by atoms with van der Waals surface area (Å²) in [6.45, 7) is 2.37. The van der Waals surface area contributed by atoms with E-state index >= 15 is 0 Å². The molecule has 0 bridgehead atoms. The van der Waals surface area contributed by atoms with Crippen LogP contribution in [0.2, 0.25) is 0 Å². The summed E-state index contributed by atoms with van der Waals surface area (Å²) in [7, 11) is 0. The quantitative estimate of drug-likeness (QED) is 0.921. The summed E-state index contributed by atoms with van der Waals surface area (Å²) in [6.07, 6.45) is 6.55. The Morgan fingerprint density at radius 3 is 2.79 bits per heavy atom. The molecule has 2 fully saturated rings. The first-order chi connectivity index (χ1) is 9.40. The minimum atomic E-state index is 0.782. The summed E-state index contributed by atoms with van der Waals surface area (Å²) >= 11 is 1.92. The van der Waals surface area contributed by atoms with Crippen LogP contribution in [0.5, 0.6) is 0 Å². The second-order valence-electron chi connectivity index (χ2n) is 5.99. The molecule has 2 aliphatic rings. The Morgan fingerprint density at radius 2 is 2.00 bits per heavy atom. The lowest BCUT2D eigenvalue weighted by Crippen LogP contribution is -2.28. The highest BCUT2D eigenvalue weighted by Gasteiger charge is 2.27. The average Bonchev–Trinajstić information content (AvgIpc) is 3.20. The predicted molar refractivity (Wildman–Crippen MR) is 80.9 cm³/mol. The van der Waals surface area contributed by atoms with Gasteiger partial charge < -0.3 is 5.32 Å². The third-order valence-corrected chi connectivity index (χ3v) is 5.60. The minimum Gasteiger partial charge on any atom is -0.317 e. The fourth-order valence-corrected chi connectivity index (χ4v) is 4.27. The zero-order valence-electron chi connectivity index (χ0n) is 11.2. The molecule has 19 heavy (non-hydrogen) atoms. The Labute approximate surface area is 118 Å². The zero-order chi connectivity index (χ0) is 12.7. The van der Waals surface area contributed by atoms with Gasteiger partial charge in [0.25, 0.3) is 0 Å². The van der Waals surface area contributed by atoms with Crippen LogP contribution < -0.4 is 5.32 Å². The van der Waals surface area contributed by atoms with Crippen LogP contribution >= 0.6 is 11.3 Å². The molecule has 1 saturated heterocycles. The lowest BCUT2D eigenvalue weighted by molar-refractivity contribution is 0.373. The van der Waals surface area contributed by atoms with E-state index in [2.05, 4.69) is 23.5 Å². The molecule has 1 N–H and O–H groups in total. The van der Waals surface area contributed by atoms with Gasteiger partial charge in [0.15, 0.2) is 0 Å². The van der Waals surface area contributed by atoms with E-state index in [0.717, 1.165) is 11.8 Å². The van der Waals surface area contributed by atoms with Gasteiger partial charge in [-0.3, -0.25) is 0 Å². The maximum atomic E-state index is 4.94. The molecular weight excluding hydrogens is 252 g/mol. The summed E-state index contributed by atoms with van der Waals surface area (Å²) < 4.78 is 1.40. The Hall–Kier alpha value is -0.930. The van der Waals surface area contributed by atoms with Crippen LogP contribution in [0.4, 0.5) is 0 Å². The molecule has 2 heterocycles. The largest absolute Gasteiger partial charge is 0.317 e. The van der Waals surface area contributed by atoms with Gasteiger partial charge in [0.05, 0.1) is 15.2 Å². The summed E-state index contributed by atoms with van der Waals surface area (Å²) in [6, 6.07) is 6.75. The highest BCUT2D eigenvalue weighted by Crippen LogP contribution is 2.43. The van der Waals surface area contributed by atoms with Gasteiger partial charge in [0.2, 0.25) is 0 Å². The molecule has 0 atom stereocenters. The molecule has 2 aromatic rings. The molecule has 0 unspecified atom stereocenters. The molecule has 1 aliphatic heterocycles. The van der Waals surface area contributed by atoms with Gasteiger partial charge in [-0.15, -0.1) is 11.3 Å². The Kier molecular flexibility index (Phi) is 3.04. The number of hydrogen-bond donors (Lipinski definition) is 1. The molecule has 2 nitrogen and oxygen atoms in total. The molecule has 1 aromatic heterocycles. The number of aromatic nitrogens is 1. The number of fused-ring (bicyclic) bond motifs is 1. The van der Waals surface area contributed by atoms with Crippen molar-refractivity contribution in [2.45, 2.75) is 38.0 Å². The van der Waals surface area contributed by atoms with Crippen molar-refractivity contribution in [3.05, 3.63) is 28.8 Å². The maximum absolute atomic E-state index is 4.94. The Balaban J connectivity index is 1.64. The second kappa shape index (κ2) is 4.88. The van der Waals surface area contributed by atoms with Crippen molar-refractivity contribution in [1.29, 1.82) is 0 Å². The Morgan fingerprint density at radius 1 is 1.16 bits per heavy atom. The van der Waals surface area contributed by atoms with Crippen molar-refractivity contribution in [2.75, 3.05) is 13.1 Å². The van der Waals surface area contributed by atoms with Gasteiger partial charge in [-0.25, -0.2) is 4.98 Å². The molecule has 100 valence electrons. The maximum Gasteiger partial charge on any atom is 0.0969 e. The summed E-state index contributed by atoms with van der Waals surface area (Å²) in [4.78, 5) is 4.94. The van der Waals surface area contributed by atoms with E-state index in [1.165, 1.54) is 66.0 Å². The SMILES string of the molecule is c1cc(CC2CCNCC2)c2nc(C3CC3)sc2c1. The van der Waals surface area contributed by atoms with E-state index in [9.17, 15) is 0 Å². The fourth-order valence-electron chi connectivity index (χ4n) is 3.09. The van der Waals surface area contributed by atoms with E-state index in [1.807, 2.05) is 11.3 Å². The van der Waals surface area contributed by atoms with E-state index < -0.39 is 0 Å². The minimum absolute atomic E-state index is 0.782. The van der Waals surface area contributed by atoms with Crippen molar-refractivity contribution >= 4 is 21.6 Å². The second-order valence-corrected chi connectivity index (χ2v) is 7.05. The summed E-state index contributed by atoms with van der Waals surface area (Å²) in [5.41, 5.74) is 2.78. The van der Waals surface area contributed by atoms with Crippen LogP contribution in [0.15, 0.2) is 18.2 Å². The summed E-state index contributed by atoms with van der Waals surface area (Å²) in [5, 5.41) is 4.83. The summed E-state index contributed by atoms with van der Waals surface area (Å²) in [5.74, 6) is 1.63. The number of thiazole rings is 1. The number of rotatable bonds is 3. The van der Waals surface area contributed by atoms with Crippen molar-refractivity contribution in [3.63, 3.8) is 0 Å². The lowest BCUT2D eigenvalue weighted by Gasteiger charge is -2.22. The van der Waals surface area contributed by atoms with Gasteiger partial charge >= 0.3 is 0 Å². The van der Waals surface area contributed by atoms with Crippen LogP contribution in [-0.2, 0) is 6.42 Å². The van der Waals surface area contributed by atoms with Crippen molar-refractivity contribution < 1.29 is 0 Å². The highest BCUT2D eigenvalue weighted by atomic mass is 32.1. The molecule has 4 rings (SSSR count). The number of nitrogens with zero attached hydrogens (tertiary/aromatic N) is 1. The molecule has 3 heteroatoms. The first kappa shape index (κ1) is 11.9. The molecular formula is C16H20N2S. The molecule has 1 aliphatic carbocycles. The average molecular weight is 272 g/mol. The molecule has 0 spiro atoms. The van der Waals surface area contributed by atoms with Gasteiger partial charge in [0.1, 0.15) is 0 Å². The van der Waals surface area contributed by atoms with E-state index in [0.29, 0.717) is 0 Å². The number of para-hydroxylation sites is 1. The standard InChI is InChI=1S/C16H20N2S/c1-2-13(10-11-6-8-17-9-7-11)15-14(3-1)19-16(18-15)12-4-5-12/h1-3,11-12,17H,4-10H2. The number of benzene rings is 1. The topological polar surface area (TPSA) is 24.9 Å². The third kappa shape index (κ3) is 2.41. The first-order valence-corrected chi connectivity index (χ1v) is 8.31. The fraction of sp³-hybridized carbons (Fsp3) is 0.562. The normalized spacial score (nSPS) is 21.1. The number of piperidine rings is 1. The van der Waals surface area contributed by atoms with Crippen LogP contribution in [-0.4, -0.2) is 18.1 Å². The molecule has 0 amide bonds. The van der Waals surface area contributed by atoms with Crippen molar-refractivity contribution in [1.82, 2.24) is 10.3 Å². The smallest absolute Gasteiger partial charge is 0.0969 e. The van der Waals surface area contributed by atoms with Gasteiger partial charge in [-0.05, 0) is 62.7 Å². The molecule has 0 radical (unpaired) electrons. The van der Waals surface area contributed by atoms with Crippen LogP contribution in [0.3, 0.4) is 0 Å². The molecule has 1 aromatic carbocycles. The zero-order valence-corrected chi connectivity index (χ0v) is 12.0. The molecule has 1 saturated carbocycles. The van der Waals surface area contributed by atoms with Crippen molar-refractivity contribution in [2.24, 2.45) is 5.92 Å².